The molecule has 8 rings (SSSR count). The van der Waals surface area contributed by atoms with Crippen LogP contribution in [0, 0.1) is 6.92 Å². The molecule has 2 aliphatic rings. The van der Waals surface area contributed by atoms with Gasteiger partial charge in [0, 0.05) is 21.4 Å². The fourth-order valence-corrected chi connectivity index (χ4v) is 8.60. The van der Waals surface area contributed by atoms with Gasteiger partial charge in [-0.15, -0.1) is 10.2 Å². The van der Waals surface area contributed by atoms with Gasteiger partial charge in [-0.2, -0.15) is 0 Å². The molecule has 47 heavy (non-hydrogen) atoms. The number of hydrogen-bond donors (Lipinski definition) is 0. The Morgan fingerprint density at radius 2 is 1.72 bits per heavy atom. The average Bonchev–Trinajstić information content (AvgIpc) is 3.70. The lowest BCUT2D eigenvalue weighted by Crippen LogP contribution is -2.53. The van der Waals surface area contributed by atoms with Crippen LogP contribution in [0.5, 0.6) is 0 Å². The number of fused-ring (bicyclic) bond motifs is 5. The van der Waals surface area contributed by atoms with Gasteiger partial charge in [0.1, 0.15) is 5.58 Å². The van der Waals surface area contributed by atoms with Crippen molar-refractivity contribution in [2.75, 3.05) is 9.80 Å². The van der Waals surface area contributed by atoms with Crippen molar-refractivity contribution in [3.63, 3.8) is 0 Å². The topological polar surface area (TPSA) is 96.6 Å². The number of hydrogen-bond acceptors (Lipinski definition) is 8. The summed E-state index contributed by atoms with van der Waals surface area (Å²) >= 11 is 15.3. The van der Waals surface area contributed by atoms with E-state index in [4.69, 9.17) is 27.6 Å². The van der Waals surface area contributed by atoms with E-state index in [0.29, 0.717) is 37.0 Å². The molecule has 0 saturated heterocycles. The van der Waals surface area contributed by atoms with E-state index >= 15 is 4.79 Å². The number of aryl methyl sites for hydroxylation is 1. The first-order valence-corrected chi connectivity index (χ1v) is 17.1. The lowest BCUT2D eigenvalue weighted by atomic mass is 9.84. The first-order chi connectivity index (χ1) is 22.8. The Bertz CT molecular complexity index is 2340. The van der Waals surface area contributed by atoms with E-state index in [-0.39, 0.29) is 34.0 Å². The van der Waals surface area contributed by atoms with Crippen molar-refractivity contribution in [2.45, 2.75) is 29.1 Å². The standard InChI is InChI=1S/C35H22Cl2N4O4S2/c1-19-13-14-27-23(15-19)29(42)28-30(45-27)31(43)41(33-38-39-34(47-33)46-18-20-7-6-9-22(36)16-20)35(28)24-10-3-5-12-26(24)40(32(35)44)17-21-8-2-4-11-25(21)37/h2-16H,17-18H2,1H3. The summed E-state index contributed by atoms with van der Waals surface area (Å²) in [6, 6.07) is 27.1. The van der Waals surface area contributed by atoms with Gasteiger partial charge in [0.2, 0.25) is 10.9 Å². The highest BCUT2D eigenvalue weighted by molar-refractivity contribution is 8.00. The fourth-order valence-electron chi connectivity index (χ4n) is 6.35. The van der Waals surface area contributed by atoms with Crippen LogP contribution in [-0.2, 0) is 22.6 Å². The quantitative estimate of drug-likeness (QED) is 0.129. The molecule has 12 heteroatoms. The largest absolute Gasteiger partial charge is 0.450 e. The van der Waals surface area contributed by atoms with Crippen LogP contribution >= 0.6 is 46.3 Å². The predicted octanol–water partition coefficient (Wildman–Crippen LogP) is 8.00. The summed E-state index contributed by atoms with van der Waals surface area (Å²) < 4.78 is 6.78. The van der Waals surface area contributed by atoms with Gasteiger partial charge in [0.15, 0.2) is 15.3 Å². The van der Waals surface area contributed by atoms with Crippen molar-refractivity contribution in [3.05, 3.63) is 145 Å². The van der Waals surface area contributed by atoms with Crippen LogP contribution in [0.3, 0.4) is 0 Å². The second-order valence-corrected chi connectivity index (χ2v) is 14.3. The van der Waals surface area contributed by atoms with Crippen LogP contribution in [0.15, 0.2) is 105 Å². The molecule has 1 spiro atoms. The van der Waals surface area contributed by atoms with E-state index in [1.807, 2.05) is 49.4 Å². The van der Waals surface area contributed by atoms with E-state index in [2.05, 4.69) is 10.2 Å². The minimum Gasteiger partial charge on any atom is -0.450 e. The Labute approximate surface area is 286 Å². The second-order valence-electron chi connectivity index (χ2n) is 11.3. The molecule has 2 amide bonds. The maximum atomic E-state index is 15.1. The third-order valence-corrected chi connectivity index (χ3v) is 11.1. The van der Waals surface area contributed by atoms with Crippen molar-refractivity contribution in [2.24, 2.45) is 0 Å². The van der Waals surface area contributed by atoms with Crippen molar-refractivity contribution in [1.82, 2.24) is 10.2 Å². The summed E-state index contributed by atoms with van der Waals surface area (Å²) in [5.74, 6) is -0.775. The van der Waals surface area contributed by atoms with E-state index in [1.54, 1.807) is 53.4 Å². The number of nitrogens with zero attached hydrogens (tertiary/aromatic N) is 4. The highest BCUT2D eigenvalue weighted by Gasteiger charge is 2.66. The number of anilines is 2. The van der Waals surface area contributed by atoms with Gasteiger partial charge < -0.3 is 9.32 Å². The van der Waals surface area contributed by atoms with Crippen molar-refractivity contribution in [3.8, 4) is 0 Å². The SMILES string of the molecule is Cc1ccc2oc3c(c(=O)c2c1)C1(C(=O)N(Cc2ccccc2Cl)c2ccccc21)N(c1nnc(SCc2cccc(Cl)c2)s1)C3=O. The molecule has 0 bridgehead atoms. The van der Waals surface area contributed by atoms with Gasteiger partial charge >= 0.3 is 0 Å². The van der Waals surface area contributed by atoms with E-state index in [0.717, 1.165) is 22.5 Å². The fraction of sp³-hybridized carbons (Fsp3) is 0.114. The Balaban J connectivity index is 1.33. The number of halogens is 2. The molecule has 4 heterocycles. The van der Waals surface area contributed by atoms with Crippen LogP contribution < -0.4 is 15.2 Å². The van der Waals surface area contributed by atoms with Crippen molar-refractivity contribution < 1.29 is 14.0 Å². The highest BCUT2D eigenvalue weighted by Crippen LogP contribution is 2.55. The molecule has 2 aliphatic heterocycles. The van der Waals surface area contributed by atoms with Crippen LogP contribution in [0.1, 0.15) is 38.4 Å². The molecule has 1 unspecified atom stereocenters. The number of aromatic nitrogens is 2. The molecule has 0 aliphatic carbocycles. The lowest BCUT2D eigenvalue weighted by Gasteiger charge is -2.32. The maximum Gasteiger partial charge on any atom is 0.297 e. The predicted molar refractivity (Wildman–Crippen MR) is 185 cm³/mol. The molecule has 2 aromatic heterocycles. The first kappa shape index (κ1) is 29.9. The summed E-state index contributed by atoms with van der Waals surface area (Å²) in [5, 5.41) is 10.4. The van der Waals surface area contributed by atoms with Gasteiger partial charge in [0.25, 0.3) is 11.8 Å². The zero-order valence-electron chi connectivity index (χ0n) is 24.6. The summed E-state index contributed by atoms with van der Waals surface area (Å²) in [6.45, 7) is 1.98. The molecule has 8 nitrogen and oxygen atoms in total. The molecule has 4 aromatic carbocycles. The van der Waals surface area contributed by atoms with E-state index in [9.17, 15) is 9.59 Å². The number of carbonyl (C=O) groups excluding carboxylic acids is 2. The smallest absolute Gasteiger partial charge is 0.297 e. The normalized spacial score (nSPS) is 16.8. The Morgan fingerprint density at radius 3 is 2.55 bits per heavy atom. The summed E-state index contributed by atoms with van der Waals surface area (Å²) in [4.78, 5) is 47.1. The average molecular weight is 698 g/mol. The number of para-hydroxylation sites is 1. The molecular formula is C35H22Cl2N4O4S2. The monoisotopic (exact) mass is 696 g/mol. The first-order valence-electron chi connectivity index (χ1n) is 14.6. The minimum atomic E-state index is -1.89. The van der Waals surface area contributed by atoms with Gasteiger partial charge in [-0.3, -0.25) is 19.3 Å². The number of thioether (sulfide) groups is 1. The third-order valence-electron chi connectivity index (χ3n) is 8.40. The Hall–Kier alpha value is -4.48. The number of amides is 2. The van der Waals surface area contributed by atoms with Gasteiger partial charge in [-0.05, 0) is 54.4 Å². The molecule has 1 atom stereocenters. The lowest BCUT2D eigenvalue weighted by molar-refractivity contribution is -0.121. The molecule has 0 N–H and O–H groups in total. The molecule has 6 aromatic rings. The summed E-state index contributed by atoms with van der Waals surface area (Å²) in [5.41, 5.74) is 1.42. The van der Waals surface area contributed by atoms with Gasteiger partial charge in [-0.25, -0.2) is 0 Å². The van der Waals surface area contributed by atoms with Crippen molar-refractivity contribution >= 4 is 79.9 Å². The van der Waals surface area contributed by atoms with Crippen molar-refractivity contribution in [1.29, 1.82) is 0 Å². The van der Waals surface area contributed by atoms with E-state index in [1.165, 1.54) is 16.7 Å². The molecule has 232 valence electrons. The van der Waals surface area contributed by atoms with Gasteiger partial charge in [0.05, 0.1) is 23.2 Å². The summed E-state index contributed by atoms with van der Waals surface area (Å²) in [6.07, 6.45) is 0. The second kappa shape index (κ2) is 11.3. The van der Waals surface area contributed by atoms with Crippen LogP contribution in [0.25, 0.3) is 11.0 Å². The molecule has 0 fully saturated rings. The summed E-state index contributed by atoms with van der Waals surface area (Å²) in [7, 11) is 0. The van der Waals surface area contributed by atoms with Gasteiger partial charge in [-0.1, -0.05) is 106 Å². The maximum absolute atomic E-state index is 15.1. The van der Waals surface area contributed by atoms with Crippen LogP contribution in [0.4, 0.5) is 10.8 Å². The Kier molecular flexibility index (Phi) is 7.21. The number of carbonyl (C=O) groups is 2. The molecule has 0 radical (unpaired) electrons. The third kappa shape index (κ3) is 4.62. The molecular weight excluding hydrogens is 675 g/mol. The zero-order valence-corrected chi connectivity index (χ0v) is 27.7. The highest BCUT2D eigenvalue weighted by atomic mass is 35.5. The Morgan fingerprint density at radius 1 is 0.915 bits per heavy atom. The molecule has 0 saturated carbocycles. The minimum absolute atomic E-state index is 0.0389. The van der Waals surface area contributed by atoms with Crippen LogP contribution in [0.2, 0.25) is 10.0 Å². The number of benzene rings is 4. The number of rotatable bonds is 6. The zero-order chi connectivity index (χ0) is 32.4. The van der Waals surface area contributed by atoms with E-state index < -0.39 is 22.8 Å². The van der Waals surface area contributed by atoms with Crippen LogP contribution in [-0.4, -0.2) is 22.0 Å².